The number of fused-ring (bicyclic) bond motifs is 1. The quantitative estimate of drug-likeness (QED) is 0.236. The number of Topliss-reactive ketones (excluding diaryl/α,β-unsaturated/α-hetero) is 1. The highest BCUT2D eigenvalue weighted by Gasteiger charge is 2.21. The summed E-state index contributed by atoms with van der Waals surface area (Å²) in [6.07, 6.45) is 1.24. The number of aryl methyl sites for hydroxylation is 2. The van der Waals surface area contributed by atoms with Gasteiger partial charge in [-0.3, -0.25) is 19.1 Å². The molecule has 0 spiro atoms. The van der Waals surface area contributed by atoms with E-state index in [1.165, 1.54) is 73.5 Å². The van der Waals surface area contributed by atoms with E-state index in [-0.39, 0.29) is 35.1 Å². The number of nitrogens with zero attached hydrogens (tertiary/aromatic N) is 4. The molecule has 0 amide bonds. The van der Waals surface area contributed by atoms with Gasteiger partial charge in [0, 0.05) is 24.8 Å². The van der Waals surface area contributed by atoms with Crippen LogP contribution in [0.25, 0.3) is 16.7 Å². The summed E-state index contributed by atoms with van der Waals surface area (Å²) in [7, 11) is 2.92. The normalized spacial score (nSPS) is 11.0. The first-order valence-electron chi connectivity index (χ1n) is 12.4. The fourth-order valence-electron chi connectivity index (χ4n) is 4.49. The first-order valence-corrected chi connectivity index (χ1v) is 12.4. The summed E-state index contributed by atoms with van der Waals surface area (Å²) >= 11 is 0. The number of hydrogen-bond acceptors (Lipinski definition) is 8. The van der Waals surface area contributed by atoms with Gasteiger partial charge in [0.05, 0.1) is 31.1 Å². The average molecular weight is 559 g/mol. The number of ether oxygens (including phenoxy) is 3. The largest absolute Gasteiger partial charge is 0.491 e. The van der Waals surface area contributed by atoms with Gasteiger partial charge in [-0.25, -0.2) is 18.7 Å². The molecule has 3 aromatic heterocycles. The lowest BCUT2D eigenvalue weighted by atomic mass is 10.0. The van der Waals surface area contributed by atoms with E-state index >= 15 is 4.39 Å². The van der Waals surface area contributed by atoms with Crippen LogP contribution < -0.4 is 19.8 Å². The molecular formula is C30H24F2N4O5. The predicted octanol–water partition coefficient (Wildman–Crippen LogP) is 5.31. The van der Waals surface area contributed by atoms with Crippen molar-refractivity contribution in [3.05, 3.63) is 105 Å². The predicted molar refractivity (Wildman–Crippen MR) is 146 cm³/mol. The summed E-state index contributed by atoms with van der Waals surface area (Å²) in [6, 6.07) is 12.6. The van der Waals surface area contributed by atoms with Gasteiger partial charge in [0.15, 0.2) is 28.8 Å². The maximum Gasteiger partial charge on any atom is 0.269 e. The lowest BCUT2D eigenvalue weighted by Gasteiger charge is -2.14. The van der Waals surface area contributed by atoms with Crippen molar-refractivity contribution in [2.75, 3.05) is 14.2 Å². The average Bonchev–Trinajstić information content (AvgIpc) is 2.94. The van der Waals surface area contributed by atoms with E-state index in [1.54, 1.807) is 19.9 Å². The summed E-state index contributed by atoms with van der Waals surface area (Å²) < 4.78 is 46.1. The molecule has 0 atom stereocenters. The van der Waals surface area contributed by atoms with E-state index in [9.17, 15) is 14.0 Å². The van der Waals surface area contributed by atoms with Gasteiger partial charge in [0.2, 0.25) is 0 Å². The molecule has 3 heterocycles. The fraction of sp³-hybridized carbons (Fsp3) is 0.167. The molecule has 9 nitrogen and oxygen atoms in total. The van der Waals surface area contributed by atoms with Crippen molar-refractivity contribution >= 4 is 16.8 Å². The van der Waals surface area contributed by atoms with Crippen LogP contribution in [0.3, 0.4) is 0 Å². The van der Waals surface area contributed by atoms with E-state index in [0.29, 0.717) is 33.9 Å². The van der Waals surface area contributed by atoms with Crippen molar-refractivity contribution < 1.29 is 27.8 Å². The lowest BCUT2D eigenvalue weighted by Crippen LogP contribution is -2.30. The van der Waals surface area contributed by atoms with Crippen LogP contribution in [0.2, 0.25) is 0 Å². The second kappa shape index (κ2) is 11.1. The summed E-state index contributed by atoms with van der Waals surface area (Å²) in [5.41, 5.74) is 1.03. The number of carbonyl (C=O) groups is 1. The van der Waals surface area contributed by atoms with E-state index < -0.39 is 23.0 Å². The first-order chi connectivity index (χ1) is 19.7. The number of carbonyl (C=O) groups excluding carboxylic acids is 1. The smallest absolute Gasteiger partial charge is 0.269 e. The topological polar surface area (TPSA) is 105 Å². The third-order valence-corrected chi connectivity index (χ3v) is 6.40. The molecule has 208 valence electrons. The van der Waals surface area contributed by atoms with Gasteiger partial charge in [0.1, 0.15) is 22.7 Å². The van der Waals surface area contributed by atoms with E-state index in [1.807, 2.05) is 0 Å². The fourth-order valence-corrected chi connectivity index (χ4v) is 4.49. The van der Waals surface area contributed by atoms with E-state index in [4.69, 9.17) is 14.2 Å². The maximum atomic E-state index is 15.2. The van der Waals surface area contributed by atoms with Crippen LogP contribution >= 0.6 is 0 Å². The van der Waals surface area contributed by atoms with Crippen LogP contribution in [-0.2, 0) is 6.42 Å². The minimum Gasteiger partial charge on any atom is -0.491 e. The maximum absolute atomic E-state index is 15.2. The van der Waals surface area contributed by atoms with E-state index in [2.05, 4.69) is 15.0 Å². The van der Waals surface area contributed by atoms with Crippen LogP contribution in [0.15, 0.2) is 65.6 Å². The Kier molecular flexibility index (Phi) is 7.43. The van der Waals surface area contributed by atoms with Crippen LogP contribution in [0, 0.1) is 25.5 Å². The number of hydrogen-bond donors (Lipinski definition) is 0. The Hall–Kier alpha value is -5.19. The Morgan fingerprint density at radius 1 is 0.902 bits per heavy atom. The molecule has 0 N–H and O–H groups in total. The molecule has 0 aliphatic carbocycles. The minimum absolute atomic E-state index is 0.0999. The first kappa shape index (κ1) is 27.4. The molecule has 11 heteroatoms. The monoisotopic (exact) mass is 558 g/mol. The van der Waals surface area contributed by atoms with Crippen LogP contribution in [-0.4, -0.2) is 39.5 Å². The number of methoxy groups -OCH3 is 2. The van der Waals surface area contributed by atoms with Gasteiger partial charge in [-0.05, 0) is 55.8 Å². The molecule has 2 aromatic carbocycles. The van der Waals surface area contributed by atoms with Crippen molar-refractivity contribution in [1.29, 1.82) is 0 Å². The molecule has 0 radical (unpaired) electrons. The standard InChI is InChI=1S/C30H24F2N4O5/c1-16-27(30(38)36(17(2)34-16)20-8-6-19(31)7-9-20)23(37)14-18-5-10-24(21(32)13-18)41-25-11-12-33-22-15-26(39-3)29(40-4)35-28(22)25/h5-13,15H,14H2,1-4H3. The van der Waals surface area contributed by atoms with Crippen molar-refractivity contribution in [3.8, 4) is 28.8 Å². The van der Waals surface area contributed by atoms with Crippen molar-refractivity contribution in [3.63, 3.8) is 0 Å². The molecule has 0 saturated heterocycles. The van der Waals surface area contributed by atoms with Gasteiger partial charge < -0.3 is 14.2 Å². The zero-order valence-corrected chi connectivity index (χ0v) is 22.6. The van der Waals surface area contributed by atoms with Crippen molar-refractivity contribution in [2.45, 2.75) is 20.3 Å². The molecule has 5 rings (SSSR count). The highest BCUT2D eigenvalue weighted by Crippen LogP contribution is 2.34. The Balaban J connectivity index is 1.42. The molecule has 0 fully saturated rings. The third-order valence-electron chi connectivity index (χ3n) is 6.40. The van der Waals surface area contributed by atoms with Gasteiger partial charge in [-0.2, -0.15) is 0 Å². The van der Waals surface area contributed by atoms with Crippen molar-refractivity contribution in [2.24, 2.45) is 0 Å². The van der Waals surface area contributed by atoms with Crippen LogP contribution in [0.5, 0.6) is 23.1 Å². The number of rotatable bonds is 8. The second-order valence-corrected chi connectivity index (χ2v) is 9.08. The number of benzene rings is 2. The molecular weight excluding hydrogens is 534 g/mol. The Labute approximate surface area is 233 Å². The van der Waals surface area contributed by atoms with Gasteiger partial charge in [-0.15, -0.1) is 0 Å². The van der Waals surface area contributed by atoms with Crippen molar-refractivity contribution in [1.82, 2.24) is 19.5 Å². The molecule has 5 aromatic rings. The Morgan fingerprint density at radius 2 is 1.66 bits per heavy atom. The molecule has 41 heavy (non-hydrogen) atoms. The van der Waals surface area contributed by atoms with Crippen LogP contribution in [0.4, 0.5) is 8.78 Å². The zero-order chi connectivity index (χ0) is 29.3. The molecule has 0 unspecified atom stereocenters. The van der Waals surface area contributed by atoms with E-state index in [0.717, 1.165) is 0 Å². The van der Waals surface area contributed by atoms with Gasteiger partial charge in [-0.1, -0.05) is 6.07 Å². The third kappa shape index (κ3) is 5.33. The van der Waals surface area contributed by atoms with Gasteiger partial charge >= 0.3 is 0 Å². The summed E-state index contributed by atoms with van der Waals surface area (Å²) in [5.74, 6) is -0.633. The molecule has 0 saturated carbocycles. The summed E-state index contributed by atoms with van der Waals surface area (Å²) in [4.78, 5) is 39.6. The highest BCUT2D eigenvalue weighted by molar-refractivity contribution is 5.98. The number of halogens is 2. The van der Waals surface area contributed by atoms with Crippen LogP contribution in [0.1, 0.15) is 27.4 Å². The zero-order valence-electron chi connectivity index (χ0n) is 22.6. The summed E-state index contributed by atoms with van der Waals surface area (Å²) in [6.45, 7) is 3.18. The minimum atomic E-state index is -0.719. The highest BCUT2D eigenvalue weighted by atomic mass is 19.1. The molecule has 0 bridgehead atoms. The Bertz CT molecular complexity index is 1860. The summed E-state index contributed by atoms with van der Waals surface area (Å²) in [5, 5.41) is 0. The number of aromatic nitrogens is 4. The lowest BCUT2D eigenvalue weighted by molar-refractivity contribution is 0.0990. The SMILES string of the molecule is COc1cc2nccc(Oc3ccc(CC(=O)c4c(C)nc(C)n(-c5ccc(F)cc5)c4=O)cc3F)c2nc1OC. The Morgan fingerprint density at radius 3 is 2.34 bits per heavy atom. The number of ketones is 1. The number of pyridine rings is 2. The molecule has 0 aliphatic heterocycles. The second-order valence-electron chi connectivity index (χ2n) is 9.08. The van der Waals surface area contributed by atoms with Gasteiger partial charge in [0.25, 0.3) is 11.4 Å². The molecule has 0 aliphatic rings.